The van der Waals surface area contributed by atoms with Crippen molar-refractivity contribution in [3.05, 3.63) is 0 Å². The summed E-state index contributed by atoms with van der Waals surface area (Å²) in [6.45, 7) is 6.48. The second-order valence-corrected chi connectivity index (χ2v) is 5.55. The van der Waals surface area contributed by atoms with Crippen molar-refractivity contribution < 1.29 is 4.79 Å². The molecule has 17 heavy (non-hydrogen) atoms. The van der Waals surface area contributed by atoms with Crippen LogP contribution >= 0.6 is 0 Å². The van der Waals surface area contributed by atoms with Crippen LogP contribution in [-0.2, 0) is 4.79 Å². The number of hydrogen-bond donors (Lipinski definition) is 2. The van der Waals surface area contributed by atoms with Crippen molar-refractivity contribution >= 4 is 5.91 Å². The Balaban J connectivity index is 2.41. The van der Waals surface area contributed by atoms with Crippen molar-refractivity contribution in [3.63, 3.8) is 0 Å². The highest BCUT2D eigenvalue weighted by molar-refractivity contribution is 5.79. The molecule has 3 heteroatoms. The first kappa shape index (κ1) is 14.5. The monoisotopic (exact) mass is 240 g/mol. The topological polar surface area (TPSA) is 55.1 Å². The van der Waals surface area contributed by atoms with Gasteiger partial charge in [0, 0.05) is 18.0 Å². The van der Waals surface area contributed by atoms with Crippen molar-refractivity contribution in [3.8, 4) is 0 Å². The van der Waals surface area contributed by atoms with Gasteiger partial charge in [-0.3, -0.25) is 4.79 Å². The molecule has 4 atom stereocenters. The largest absolute Gasteiger partial charge is 0.353 e. The molecule has 1 rings (SSSR count). The van der Waals surface area contributed by atoms with Crippen LogP contribution < -0.4 is 11.1 Å². The van der Waals surface area contributed by atoms with Crippen LogP contribution in [0.4, 0.5) is 0 Å². The van der Waals surface area contributed by atoms with Crippen molar-refractivity contribution in [2.75, 3.05) is 0 Å². The van der Waals surface area contributed by atoms with Gasteiger partial charge in [-0.25, -0.2) is 0 Å². The predicted octanol–water partition coefficient (Wildman–Crippen LogP) is 2.44. The second-order valence-electron chi connectivity index (χ2n) is 5.55. The number of carbonyl (C=O) groups is 1. The van der Waals surface area contributed by atoms with E-state index in [1.54, 1.807) is 0 Å². The summed E-state index contributed by atoms with van der Waals surface area (Å²) < 4.78 is 0. The lowest BCUT2D eigenvalue weighted by Gasteiger charge is -2.32. The Hall–Kier alpha value is -0.570. The number of carbonyl (C=O) groups excluding carboxylic acids is 1. The van der Waals surface area contributed by atoms with Crippen molar-refractivity contribution in [1.82, 2.24) is 5.32 Å². The van der Waals surface area contributed by atoms with E-state index in [1.807, 2.05) is 0 Å². The predicted molar refractivity (Wildman–Crippen MR) is 71.6 cm³/mol. The molecule has 1 aliphatic carbocycles. The number of nitrogens with one attached hydrogen (secondary N) is 1. The Labute approximate surface area is 106 Å². The van der Waals surface area contributed by atoms with Crippen LogP contribution in [0.2, 0.25) is 0 Å². The Bertz CT molecular complexity index is 242. The van der Waals surface area contributed by atoms with Gasteiger partial charge in [-0.1, -0.05) is 27.2 Å². The molecule has 3 N–H and O–H groups in total. The molecule has 0 heterocycles. The maximum atomic E-state index is 12.1. The second kappa shape index (κ2) is 7.00. The number of amides is 1. The van der Waals surface area contributed by atoms with E-state index in [0.29, 0.717) is 12.0 Å². The van der Waals surface area contributed by atoms with E-state index in [0.717, 1.165) is 38.5 Å². The fourth-order valence-corrected chi connectivity index (χ4v) is 2.64. The lowest BCUT2D eigenvalue weighted by molar-refractivity contribution is -0.127. The van der Waals surface area contributed by atoms with Crippen LogP contribution in [0.5, 0.6) is 0 Å². The molecule has 1 saturated carbocycles. The lowest BCUT2D eigenvalue weighted by atomic mass is 9.79. The molecule has 0 aromatic rings. The first-order valence-corrected chi connectivity index (χ1v) is 7.14. The van der Waals surface area contributed by atoms with E-state index in [1.165, 1.54) is 0 Å². The molecular weight excluding hydrogens is 212 g/mol. The molecule has 0 aromatic heterocycles. The summed E-state index contributed by atoms with van der Waals surface area (Å²) in [4.78, 5) is 12.1. The molecule has 1 amide bonds. The van der Waals surface area contributed by atoms with Gasteiger partial charge in [-0.15, -0.1) is 0 Å². The summed E-state index contributed by atoms with van der Waals surface area (Å²) in [5.74, 6) is 0.941. The van der Waals surface area contributed by atoms with E-state index in [2.05, 4.69) is 26.1 Å². The van der Waals surface area contributed by atoms with Crippen LogP contribution in [0.15, 0.2) is 0 Å². The van der Waals surface area contributed by atoms with Gasteiger partial charge < -0.3 is 11.1 Å². The minimum absolute atomic E-state index is 0.145. The first-order valence-electron chi connectivity index (χ1n) is 7.14. The van der Waals surface area contributed by atoms with Crippen LogP contribution in [-0.4, -0.2) is 18.0 Å². The quantitative estimate of drug-likeness (QED) is 0.775. The van der Waals surface area contributed by atoms with E-state index in [-0.39, 0.29) is 17.9 Å². The summed E-state index contributed by atoms with van der Waals surface area (Å²) in [6.07, 6.45) is 6.18. The Morgan fingerprint density at radius 2 is 2.12 bits per heavy atom. The maximum absolute atomic E-state index is 12.1. The summed E-state index contributed by atoms with van der Waals surface area (Å²) in [5, 5.41) is 3.18. The molecule has 1 aliphatic rings. The van der Waals surface area contributed by atoms with Gasteiger partial charge >= 0.3 is 0 Å². The maximum Gasteiger partial charge on any atom is 0.223 e. The van der Waals surface area contributed by atoms with Gasteiger partial charge in [0.15, 0.2) is 0 Å². The average molecular weight is 240 g/mol. The zero-order valence-electron chi connectivity index (χ0n) is 11.5. The molecule has 0 saturated heterocycles. The molecule has 1 fully saturated rings. The zero-order valence-corrected chi connectivity index (χ0v) is 11.5. The lowest BCUT2D eigenvalue weighted by Crippen LogP contribution is -2.44. The fourth-order valence-electron chi connectivity index (χ4n) is 2.64. The van der Waals surface area contributed by atoms with Gasteiger partial charge in [0.25, 0.3) is 0 Å². The Kier molecular flexibility index (Phi) is 5.96. The summed E-state index contributed by atoms with van der Waals surface area (Å²) in [7, 11) is 0. The fraction of sp³-hybridized carbons (Fsp3) is 0.929. The van der Waals surface area contributed by atoms with Crippen molar-refractivity contribution in [2.45, 2.75) is 71.4 Å². The molecule has 3 nitrogen and oxygen atoms in total. The highest BCUT2D eigenvalue weighted by atomic mass is 16.1. The molecule has 0 spiro atoms. The minimum atomic E-state index is 0.145. The normalized spacial score (nSPS) is 30.9. The zero-order chi connectivity index (χ0) is 12.8. The summed E-state index contributed by atoms with van der Waals surface area (Å²) in [6, 6.07) is 0.550. The Morgan fingerprint density at radius 1 is 1.41 bits per heavy atom. The number of nitrogens with two attached hydrogens (primary N) is 1. The van der Waals surface area contributed by atoms with Crippen LogP contribution in [0.25, 0.3) is 0 Å². The van der Waals surface area contributed by atoms with E-state index < -0.39 is 0 Å². The highest BCUT2D eigenvalue weighted by Crippen LogP contribution is 2.27. The highest BCUT2D eigenvalue weighted by Gasteiger charge is 2.30. The third kappa shape index (κ3) is 4.30. The standard InChI is InChI=1S/C14H28N2O/c1-4-6-12(5-2)16-14(17)11-8-7-10(3)13(15)9-11/h10-13H,4-9,15H2,1-3H3,(H,16,17). The smallest absolute Gasteiger partial charge is 0.223 e. The van der Waals surface area contributed by atoms with E-state index in [4.69, 9.17) is 5.73 Å². The number of rotatable bonds is 5. The molecule has 0 aliphatic heterocycles. The number of hydrogen-bond acceptors (Lipinski definition) is 2. The van der Waals surface area contributed by atoms with Crippen molar-refractivity contribution in [1.29, 1.82) is 0 Å². The summed E-state index contributed by atoms with van der Waals surface area (Å²) in [5.41, 5.74) is 6.05. The van der Waals surface area contributed by atoms with Gasteiger partial charge in [0.1, 0.15) is 0 Å². The molecule has 0 aromatic carbocycles. The average Bonchev–Trinajstić information content (AvgIpc) is 2.31. The molecule has 0 bridgehead atoms. The Morgan fingerprint density at radius 3 is 2.65 bits per heavy atom. The van der Waals surface area contributed by atoms with Gasteiger partial charge in [0.05, 0.1) is 0 Å². The van der Waals surface area contributed by atoms with Gasteiger partial charge in [0.2, 0.25) is 5.91 Å². The molecule has 0 radical (unpaired) electrons. The summed E-state index contributed by atoms with van der Waals surface area (Å²) >= 11 is 0. The van der Waals surface area contributed by atoms with E-state index >= 15 is 0 Å². The van der Waals surface area contributed by atoms with Gasteiger partial charge in [-0.2, -0.15) is 0 Å². The van der Waals surface area contributed by atoms with Crippen LogP contribution in [0.3, 0.4) is 0 Å². The SMILES string of the molecule is CCCC(CC)NC(=O)C1CCC(C)C(N)C1. The van der Waals surface area contributed by atoms with Crippen LogP contribution in [0, 0.1) is 11.8 Å². The van der Waals surface area contributed by atoms with Crippen LogP contribution in [0.1, 0.15) is 59.3 Å². The third-order valence-electron chi connectivity index (χ3n) is 4.11. The molecule has 4 unspecified atom stereocenters. The van der Waals surface area contributed by atoms with Gasteiger partial charge in [-0.05, 0) is 38.0 Å². The third-order valence-corrected chi connectivity index (χ3v) is 4.11. The van der Waals surface area contributed by atoms with Crippen molar-refractivity contribution in [2.24, 2.45) is 17.6 Å². The molecular formula is C14H28N2O. The minimum Gasteiger partial charge on any atom is -0.353 e. The molecule has 100 valence electrons. The van der Waals surface area contributed by atoms with E-state index in [9.17, 15) is 4.79 Å². The first-order chi connectivity index (χ1) is 8.08.